The Hall–Kier alpha value is -3.13. The number of nitrogens with zero attached hydrogens (tertiary/aromatic N) is 3. The molecular formula is C20H24N4O8S2. The summed E-state index contributed by atoms with van der Waals surface area (Å²) in [6, 6.07) is 3.85. The molecule has 12 nitrogen and oxygen atoms in total. The fraction of sp³-hybridized carbons (Fsp3) is 0.500. The van der Waals surface area contributed by atoms with E-state index in [-0.39, 0.29) is 23.1 Å². The zero-order valence-corrected chi connectivity index (χ0v) is 20.0. The second-order valence-electron chi connectivity index (χ2n) is 7.90. The number of amides is 2. The first kappa shape index (κ1) is 25.5. The lowest BCUT2D eigenvalue weighted by Crippen LogP contribution is -2.40. The van der Waals surface area contributed by atoms with Gasteiger partial charge in [0.2, 0.25) is 5.91 Å². The topological polar surface area (TPSA) is 167 Å². The molecule has 0 bridgehead atoms. The van der Waals surface area contributed by atoms with Crippen molar-refractivity contribution < 1.29 is 32.5 Å². The molecule has 0 aliphatic heterocycles. The van der Waals surface area contributed by atoms with Crippen LogP contribution in [0.3, 0.4) is 0 Å². The normalized spacial score (nSPS) is 15.3. The molecule has 0 saturated heterocycles. The largest absolute Gasteiger partial charge is 0.468 e. The molecule has 0 spiro atoms. The van der Waals surface area contributed by atoms with Crippen LogP contribution in [0.4, 0.5) is 5.69 Å². The average molecular weight is 513 g/mol. The van der Waals surface area contributed by atoms with Gasteiger partial charge in [0.1, 0.15) is 18.1 Å². The molecule has 2 amide bonds. The van der Waals surface area contributed by atoms with Crippen molar-refractivity contribution in [1.82, 2.24) is 9.88 Å². The average Bonchev–Trinajstić information content (AvgIpc) is 3.09. The minimum absolute atomic E-state index is 0.0206. The Morgan fingerprint density at radius 2 is 1.94 bits per heavy atom. The third kappa shape index (κ3) is 6.70. The molecule has 1 fully saturated rings. The number of nitro groups is 1. The van der Waals surface area contributed by atoms with Crippen LogP contribution in [0.15, 0.2) is 23.2 Å². The summed E-state index contributed by atoms with van der Waals surface area (Å²) in [4.78, 5) is 50.7. The Labute approximate surface area is 198 Å². The van der Waals surface area contributed by atoms with E-state index in [1.807, 2.05) is 0 Å². The van der Waals surface area contributed by atoms with Crippen LogP contribution in [0.2, 0.25) is 0 Å². The van der Waals surface area contributed by atoms with Crippen molar-refractivity contribution in [2.24, 2.45) is 4.99 Å². The van der Waals surface area contributed by atoms with Crippen LogP contribution in [0.5, 0.6) is 0 Å². The van der Waals surface area contributed by atoms with Gasteiger partial charge in [0.25, 0.3) is 11.6 Å². The predicted molar refractivity (Wildman–Crippen MR) is 123 cm³/mol. The van der Waals surface area contributed by atoms with Crippen LogP contribution in [-0.4, -0.2) is 60.3 Å². The molecule has 1 heterocycles. The summed E-state index contributed by atoms with van der Waals surface area (Å²) in [5.74, 6) is -4.15. The van der Waals surface area contributed by atoms with E-state index in [2.05, 4.69) is 15.0 Å². The van der Waals surface area contributed by atoms with Gasteiger partial charge in [0.15, 0.2) is 14.6 Å². The molecule has 3 rings (SSSR count). The monoisotopic (exact) mass is 512 g/mol. The highest BCUT2D eigenvalue weighted by atomic mass is 32.2. The van der Waals surface area contributed by atoms with Crippen LogP contribution < -0.4 is 10.1 Å². The number of esters is 1. The summed E-state index contributed by atoms with van der Waals surface area (Å²) in [7, 11) is -2.90. The van der Waals surface area contributed by atoms with E-state index in [1.165, 1.54) is 29.9 Å². The van der Waals surface area contributed by atoms with Gasteiger partial charge in [0, 0.05) is 18.2 Å². The van der Waals surface area contributed by atoms with Gasteiger partial charge in [-0.25, -0.2) is 8.42 Å². The van der Waals surface area contributed by atoms with Crippen molar-refractivity contribution in [2.75, 3.05) is 18.6 Å². The van der Waals surface area contributed by atoms with Crippen molar-refractivity contribution in [3.05, 3.63) is 33.1 Å². The van der Waals surface area contributed by atoms with E-state index < -0.39 is 44.0 Å². The zero-order valence-electron chi connectivity index (χ0n) is 18.4. The van der Waals surface area contributed by atoms with E-state index in [4.69, 9.17) is 0 Å². The van der Waals surface area contributed by atoms with Crippen LogP contribution in [0, 0.1) is 10.1 Å². The van der Waals surface area contributed by atoms with Crippen molar-refractivity contribution in [3.63, 3.8) is 0 Å². The first-order valence-corrected chi connectivity index (χ1v) is 13.1. The summed E-state index contributed by atoms with van der Waals surface area (Å²) in [6.07, 6.45) is 4.62. The summed E-state index contributed by atoms with van der Waals surface area (Å²) in [5.41, 5.74) is 0.200. The lowest BCUT2D eigenvalue weighted by atomic mass is 9.95. The Morgan fingerprint density at radius 3 is 2.59 bits per heavy atom. The number of aromatic nitrogens is 1. The zero-order chi connectivity index (χ0) is 24.9. The number of carbonyl (C=O) groups is 3. The van der Waals surface area contributed by atoms with E-state index in [1.54, 1.807) is 0 Å². The number of hydrogen-bond donors (Lipinski definition) is 1. The van der Waals surface area contributed by atoms with Crippen LogP contribution in [-0.2, 0) is 35.5 Å². The molecule has 1 aromatic heterocycles. The highest BCUT2D eigenvalue weighted by Crippen LogP contribution is 2.23. The highest BCUT2D eigenvalue weighted by molar-refractivity contribution is 7.92. The standard InChI is InChI=1S/C20H24N4O8S2/c1-32-19(27)10-23-15-8-7-14(24(28)29)9-16(15)33-20(23)22-18(26)12-34(30,31)11-17(25)21-13-5-3-2-4-6-13/h7-9,13H,2-6,10-12H2,1H3,(H,21,25). The molecule has 1 aliphatic carbocycles. The first-order chi connectivity index (χ1) is 16.1. The van der Waals surface area contributed by atoms with E-state index in [0.717, 1.165) is 43.4 Å². The summed E-state index contributed by atoms with van der Waals surface area (Å²) < 4.78 is 31.1. The van der Waals surface area contributed by atoms with Gasteiger partial charge in [-0.15, -0.1) is 0 Å². The number of benzene rings is 1. The predicted octanol–water partition coefficient (Wildman–Crippen LogP) is 1.07. The SMILES string of the molecule is COC(=O)Cn1c(=NC(=O)CS(=O)(=O)CC(=O)NC2CCCCC2)sc2cc([N+](=O)[O-])ccc21. The number of hydrogen-bond acceptors (Lipinski definition) is 9. The third-order valence-electron chi connectivity index (χ3n) is 5.28. The number of rotatable bonds is 8. The fourth-order valence-electron chi connectivity index (χ4n) is 3.70. The molecule has 34 heavy (non-hydrogen) atoms. The molecule has 1 N–H and O–H groups in total. The second kappa shape index (κ2) is 10.9. The molecular weight excluding hydrogens is 488 g/mol. The Bertz CT molecular complexity index is 1290. The summed E-state index contributed by atoms with van der Waals surface area (Å²) in [5, 5.41) is 13.8. The van der Waals surface area contributed by atoms with Gasteiger partial charge in [-0.1, -0.05) is 30.6 Å². The van der Waals surface area contributed by atoms with Crippen LogP contribution >= 0.6 is 11.3 Å². The number of sulfone groups is 1. The minimum atomic E-state index is -4.08. The number of nitrogens with one attached hydrogen (secondary N) is 1. The molecule has 184 valence electrons. The van der Waals surface area contributed by atoms with E-state index >= 15 is 0 Å². The van der Waals surface area contributed by atoms with Crippen LogP contribution in [0.25, 0.3) is 10.2 Å². The smallest absolute Gasteiger partial charge is 0.325 e. The number of thiazole rings is 1. The minimum Gasteiger partial charge on any atom is -0.468 e. The van der Waals surface area contributed by atoms with E-state index in [9.17, 15) is 32.9 Å². The molecule has 14 heteroatoms. The molecule has 0 atom stereocenters. The number of fused-ring (bicyclic) bond motifs is 1. The first-order valence-electron chi connectivity index (χ1n) is 10.5. The number of non-ortho nitro benzene ring substituents is 1. The van der Waals surface area contributed by atoms with Gasteiger partial charge >= 0.3 is 5.97 Å². The van der Waals surface area contributed by atoms with Crippen molar-refractivity contribution in [2.45, 2.75) is 44.7 Å². The lowest BCUT2D eigenvalue weighted by molar-refractivity contribution is -0.384. The van der Waals surface area contributed by atoms with Crippen molar-refractivity contribution in [1.29, 1.82) is 0 Å². The van der Waals surface area contributed by atoms with Gasteiger partial charge < -0.3 is 14.6 Å². The Morgan fingerprint density at radius 1 is 1.24 bits per heavy atom. The van der Waals surface area contributed by atoms with Gasteiger partial charge in [0.05, 0.1) is 22.2 Å². The maximum atomic E-state index is 12.5. The maximum Gasteiger partial charge on any atom is 0.325 e. The number of methoxy groups -OCH3 is 1. The Balaban J connectivity index is 1.81. The fourth-order valence-corrected chi connectivity index (χ4v) is 5.81. The highest BCUT2D eigenvalue weighted by Gasteiger charge is 2.24. The van der Waals surface area contributed by atoms with Gasteiger partial charge in [-0.05, 0) is 18.9 Å². The third-order valence-corrected chi connectivity index (χ3v) is 7.71. The number of nitro benzene ring substituents is 1. The molecule has 0 radical (unpaired) electrons. The molecule has 2 aromatic rings. The van der Waals surface area contributed by atoms with E-state index in [0.29, 0.717) is 10.2 Å². The Kier molecular flexibility index (Phi) is 8.15. The number of carbonyl (C=O) groups excluding carboxylic acids is 3. The molecule has 1 aromatic carbocycles. The molecule has 1 aliphatic rings. The molecule has 0 unspecified atom stereocenters. The van der Waals surface area contributed by atoms with Gasteiger partial charge in [-0.2, -0.15) is 4.99 Å². The maximum absolute atomic E-state index is 12.5. The quantitative estimate of drug-likeness (QED) is 0.311. The van der Waals surface area contributed by atoms with Crippen LogP contribution in [0.1, 0.15) is 32.1 Å². The van der Waals surface area contributed by atoms with Gasteiger partial charge in [-0.3, -0.25) is 24.5 Å². The lowest BCUT2D eigenvalue weighted by Gasteiger charge is -2.22. The molecule has 1 saturated carbocycles. The summed E-state index contributed by atoms with van der Waals surface area (Å²) >= 11 is 0.889. The van der Waals surface area contributed by atoms with Crippen molar-refractivity contribution >= 4 is 54.9 Å². The van der Waals surface area contributed by atoms with Crippen molar-refractivity contribution in [3.8, 4) is 0 Å². The second-order valence-corrected chi connectivity index (χ2v) is 11.0. The summed E-state index contributed by atoms with van der Waals surface area (Å²) in [6.45, 7) is -0.336. The number of ether oxygens (including phenoxy) is 1.